The average molecular weight is 442 g/mol. The molecule has 0 heterocycles. The number of benzene rings is 2. The van der Waals surface area contributed by atoms with Crippen molar-refractivity contribution >= 4 is 66.6 Å². The SMILES string of the molecule is NS(=O)(=O)c1cc(Cl)ccc1NS(=O)(=O)C=Cc1ccc(Cl)c(Cl)c1. The Balaban J connectivity index is 2.33. The van der Waals surface area contributed by atoms with Crippen LogP contribution in [0.4, 0.5) is 5.69 Å². The summed E-state index contributed by atoms with van der Waals surface area (Å²) in [4.78, 5) is -0.438. The molecule has 3 N–H and O–H groups in total. The molecule has 0 aromatic heterocycles. The van der Waals surface area contributed by atoms with Crippen molar-refractivity contribution in [2.75, 3.05) is 4.72 Å². The second kappa shape index (κ2) is 7.53. The van der Waals surface area contributed by atoms with E-state index in [0.717, 1.165) is 11.5 Å². The molecule has 2 aromatic carbocycles. The highest BCUT2D eigenvalue weighted by Crippen LogP contribution is 2.26. The number of halogens is 3. The van der Waals surface area contributed by atoms with Gasteiger partial charge in [0.1, 0.15) is 4.90 Å². The minimum Gasteiger partial charge on any atom is -0.279 e. The molecule has 6 nitrogen and oxygen atoms in total. The molecule has 0 unspecified atom stereocenters. The van der Waals surface area contributed by atoms with E-state index in [1.165, 1.54) is 30.3 Å². The van der Waals surface area contributed by atoms with E-state index in [-0.39, 0.29) is 15.7 Å². The largest absolute Gasteiger partial charge is 0.279 e. The first-order valence-corrected chi connectivity index (χ1v) is 10.7. The fraction of sp³-hybridized carbons (Fsp3) is 0. The summed E-state index contributed by atoms with van der Waals surface area (Å²) in [6.45, 7) is 0. The van der Waals surface area contributed by atoms with Gasteiger partial charge in [-0.25, -0.2) is 22.0 Å². The van der Waals surface area contributed by atoms with E-state index in [0.29, 0.717) is 10.6 Å². The Bertz CT molecular complexity index is 1050. The maximum absolute atomic E-state index is 12.2. The smallest absolute Gasteiger partial charge is 0.255 e. The highest BCUT2D eigenvalue weighted by molar-refractivity contribution is 7.95. The molecular formula is C14H11Cl3N2O4S2. The van der Waals surface area contributed by atoms with Crippen molar-refractivity contribution in [2.24, 2.45) is 5.14 Å². The lowest BCUT2D eigenvalue weighted by Gasteiger charge is -2.09. The molecule has 0 spiro atoms. The Morgan fingerprint density at radius 3 is 2.20 bits per heavy atom. The highest BCUT2D eigenvalue weighted by Gasteiger charge is 2.18. The Labute approximate surface area is 160 Å². The standard InChI is InChI=1S/C14H11Cl3N2O4S2/c15-10-2-4-13(14(8-10)25(18,22)23)19-24(20,21)6-5-9-1-3-11(16)12(17)7-9/h1-8,19H,(H2,18,22,23). The molecule has 2 aromatic rings. The predicted molar refractivity (Wildman–Crippen MR) is 101 cm³/mol. The number of rotatable bonds is 5. The summed E-state index contributed by atoms with van der Waals surface area (Å²) in [7, 11) is -8.19. The van der Waals surface area contributed by atoms with Crippen LogP contribution >= 0.6 is 34.8 Å². The van der Waals surface area contributed by atoms with E-state index in [9.17, 15) is 16.8 Å². The molecule has 0 saturated carbocycles. The summed E-state index contributed by atoms with van der Waals surface area (Å²) in [5, 5.41) is 6.62. The summed E-state index contributed by atoms with van der Waals surface area (Å²) in [5.74, 6) is 0. The number of primary sulfonamides is 1. The van der Waals surface area contributed by atoms with Gasteiger partial charge >= 0.3 is 0 Å². The number of anilines is 1. The molecule has 11 heteroatoms. The summed E-state index contributed by atoms with van der Waals surface area (Å²) < 4.78 is 49.6. The molecule has 0 aliphatic carbocycles. The Morgan fingerprint density at radius 2 is 1.60 bits per heavy atom. The predicted octanol–water partition coefficient (Wildman–Crippen LogP) is 3.71. The van der Waals surface area contributed by atoms with Gasteiger partial charge in [-0.3, -0.25) is 4.72 Å². The summed E-state index contributed by atoms with van der Waals surface area (Å²) in [6.07, 6.45) is 1.27. The first kappa shape index (κ1) is 20.0. The monoisotopic (exact) mass is 440 g/mol. The van der Waals surface area contributed by atoms with Crippen LogP contribution in [0.3, 0.4) is 0 Å². The van der Waals surface area contributed by atoms with E-state index in [1.54, 1.807) is 6.07 Å². The van der Waals surface area contributed by atoms with Gasteiger partial charge in [-0.15, -0.1) is 0 Å². The molecule has 25 heavy (non-hydrogen) atoms. The Hall–Kier alpha value is -1.29. The lowest BCUT2D eigenvalue weighted by molar-refractivity contribution is 0.598. The first-order chi connectivity index (χ1) is 11.5. The van der Waals surface area contributed by atoms with Gasteiger partial charge in [0.2, 0.25) is 10.0 Å². The van der Waals surface area contributed by atoms with Crippen molar-refractivity contribution in [1.82, 2.24) is 0 Å². The minimum absolute atomic E-state index is 0.0957. The maximum Gasteiger partial charge on any atom is 0.255 e. The fourth-order valence-electron chi connectivity index (χ4n) is 1.79. The maximum atomic E-state index is 12.2. The molecule has 0 bridgehead atoms. The second-order valence-corrected chi connectivity index (χ2v) is 9.16. The molecule has 0 amide bonds. The number of nitrogens with one attached hydrogen (secondary N) is 1. The third-order valence-electron chi connectivity index (χ3n) is 2.89. The van der Waals surface area contributed by atoms with Crippen LogP contribution in [0, 0.1) is 0 Å². The van der Waals surface area contributed by atoms with E-state index in [2.05, 4.69) is 4.72 Å². The topological polar surface area (TPSA) is 106 Å². The van der Waals surface area contributed by atoms with Crippen LogP contribution in [0.1, 0.15) is 5.56 Å². The molecule has 2 rings (SSSR count). The van der Waals surface area contributed by atoms with E-state index < -0.39 is 24.9 Å². The third kappa shape index (κ3) is 5.60. The molecule has 0 aliphatic heterocycles. The third-order valence-corrected chi connectivity index (χ3v) is 5.81. The summed E-state index contributed by atoms with van der Waals surface area (Å²) >= 11 is 17.4. The lowest BCUT2D eigenvalue weighted by atomic mass is 10.2. The van der Waals surface area contributed by atoms with Crippen LogP contribution in [0.5, 0.6) is 0 Å². The lowest BCUT2D eigenvalue weighted by Crippen LogP contribution is -2.17. The van der Waals surface area contributed by atoms with Crippen LogP contribution < -0.4 is 9.86 Å². The number of hydrogen-bond acceptors (Lipinski definition) is 4. The van der Waals surface area contributed by atoms with Crippen molar-refractivity contribution in [3.63, 3.8) is 0 Å². The van der Waals surface area contributed by atoms with Gasteiger partial charge in [0.15, 0.2) is 0 Å². The number of hydrogen-bond donors (Lipinski definition) is 2. The van der Waals surface area contributed by atoms with Gasteiger partial charge in [0, 0.05) is 5.02 Å². The van der Waals surface area contributed by atoms with E-state index in [4.69, 9.17) is 39.9 Å². The quantitative estimate of drug-likeness (QED) is 0.737. The van der Waals surface area contributed by atoms with Gasteiger partial charge in [-0.2, -0.15) is 0 Å². The van der Waals surface area contributed by atoms with Gasteiger partial charge in [-0.05, 0) is 42.0 Å². The van der Waals surface area contributed by atoms with Crippen LogP contribution in [-0.4, -0.2) is 16.8 Å². The van der Waals surface area contributed by atoms with E-state index >= 15 is 0 Å². The van der Waals surface area contributed by atoms with Crippen molar-refractivity contribution in [3.05, 3.63) is 62.4 Å². The molecular weight excluding hydrogens is 431 g/mol. The Morgan fingerprint density at radius 1 is 0.920 bits per heavy atom. The van der Waals surface area contributed by atoms with Crippen molar-refractivity contribution in [2.45, 2.75) is 4.90 Å². The van der Waals surface area contributed by atoms with E-state index in [1.807, 2.05) is 0 Å². The zero-order valence-corrected chi connectivity index (χ0v) is 16.2. The van der Waals surface area contributed by atoms with Crippen molar-refractivity contribution < 1.29 is 16.8 Å². The molecule has 0 fully saturated rings. The van der Waals surface area contributed by atoms with Crippen LogP contribution in [0.25, 0.3) is 6.08 Å². The molecule has 0 atom stereocenters. The van der Waals surface area contributed by atoms with Crippen LogP contribution in [0.2, 0.25) is 15.1 Å². The highest BCUT2D eigenvalue weighted by atomic mass is 35.5. The first-order valence-electron chi connectivity index (χ1n) is 6.46. The zero-order valence-electron chi connectivity index (χ0n) is 12.3. The summed E-state index contributed by atoms with van der Waals surface area (Å²) in [5.41, 5.74) is 0.272. The average Bonchev–Trinajstić information content (AvgIpc) is 2.49. The fourth-order valence-corrected chi connectivity index (χ4v) is 4.00. The second-order valence-electron chi connectivity index (χ2n) is 4.81. The zero-order chi connectivity index (χ0) is 18.8. The number of nitrogens with two attached hydrogens (primary N) is 1. The summed E-state index contributed by atoms with van der Waals surface area (Å²) in [6, 6.07) is 8.15. The van der Waals surface area contributed by atoms with Gasteiger partial charge in [-0.1, -0.05) is 40.9 Å². The van der Waals surface area contributed by atoms with Crippen molar-refractivity contribution in [1.29, 1.82) is 0 Å². The van der Waals surface area contributed by atoms with Gasteiger partial charge in [0.05, 0.1) is 21.1 Å². The Kier molecular flexibility index (Phi) is 6.03. The molecule has 134 valence electrons. The van der Waals surface area contributed by atoms with Gasteiger partial charge < -0.3 is 0 Å². The van der Waals surface area contributed by atoms with Crippen molar-refractivity contribution in [3.8, 4) is 0 Å². The molecule has 0 aliphatic rings. The number of sulfonamides is 2. The molecule has 0 saturated heterocycles. The minimum atomic E-state index is -4.17. The molecule has 0 radical (unpaired) electrons. The van der Waals surface area contributed by atoms with Crippen LogP contribution in [0.15, 0.2) is 46.7 Å². The normalized spacial score (nSPS) is 12.5. The van der Waals surface area contributed by atoms with Crippen LogP contribution in [-0.2, 0) is 20.0 Å². The van der Waals surface area contributed by atoms with Gasteiger partial charge in [0.25, 0.3) is 10.0 Å².